The molecule has 92 valence electrons. The lowest BCUT2D eigenvalue weighted by Crippen LogP contribution is -2.25. The van der Waals surface area contributed by atoms with Crippen LogP contribution in [-0.2, 0) is 11.2 Å². The summed E-state index contributed by atoms with van der Waals surface area (Å²) in [5, 5.41) is 18.2. The Bertz CT molecular complexity index is 405. The van der Waals surface area contributed by atoms with Gasteiger partial charge in [-0.25, -0.2) is 0 Å². The van der Waals surface area contributed by atoms with Gasteiger partial charge in [-0.1, -0.05) is 12.1 Å². The van der Waals surface area contributed by atoms with Gasteiger partial charge in [-0.15, -0.1) is 0 Å². The summed E-state index contributed by atoms with van der Waals surface area (Å²) in [4.78, 5) is 13.3. The number of carbonyl (C=O) groups excluding carboxylic acids is 1. The van der Waals surface area contributed by atoms with Crippen molar-refractivity contribution in [2.45, 2.75) is 25.4 Å². The smallest absolute Gasteiger partial charge is 0.229 e. The van der Waals surface area contributed by atoms with Crippen molar-refractivity contribution in [1.82, 2.24) is 0 Å². The van der Waals surface area contributed by atoms with Crippen molar-refractivity contribution in [2.24, 2.45) is 0 Å². The van der Waals surface area contributed by atoms with Crippen LogP contribution in [0.4, 0.5) is 5.69 Å². The van der Waals surface area contributed by atoms with Crippen LogP contribution in [0.1, 0.15) is 18.4 Å². The number of hydrogen-bond acceptors (Lipinski definition) is 3. The molecule has 1 aliphatic rings. The summed E-state index contributed by atoms with van der Waals surface area (Å²) >= 11 is 0. The van der Waals surface area contributed by atoms with E-state index in [2.05, 4.69) is 0 Å². The molecule has 0 bridgehead atoms. The molecule has 1 unspecified atom stereocenters. The zero-order valence-electron chi connectivity index (χ0n) is 9.67. The van der Waals surface area contributed by atoms with Gasteiger partial charge < -0.3 is 15.1 Å². The van der Waals surface area contributed by atoms with Crippen LogP contribution >= 0.6 is 0 Å². The van der Waals surface area contributed by atoms with Crippen molar-refractivity contribution in [3.05, 3.63) is 29.8 Å². The monoisotopic (exact) mass is 235 g/mol. The van der Waals surface area contributed by atoms with Crippen molar-refractivity contribution < 1.29 is 15.0 Å². The van der Waals surface area contributed by atoms with Crippen LogP contribution < -0.4 is 4.90 Å². The van der Waals surface area contributed by atoms with E-state index in [1.807, 2.05) is 24.3 Å². The van der Waals surface area contributed by atoms with Crippen LogP contribution in [0.5, 0.6) is 0 Å². The van der Waals surface area contributed by atoms with Gasteiger partial charge in [-0.3, -0.25) is 4.79 Å². The molecule has 1 aliphatic heterocycles. The summed E-state index contributed by atoms with van der Waals surface area (Å²) in [7, 11) is 0. The Kier molecular flexibility index (Phi) is 3.76. The van der Waals surface area contributed by atoms with Gasteiger partial charge in [-0.05, 0) is 30.5 Å². The number of anilines is 1. The summed E-state index contributed by atoms with van der Waals surface area (Å²) in [6.07, 6.45) is 1.18. The first-order chi connectivity index (χ1) is 8.20. The van der Waals surface area contributed by atoms with Crippen molar-refractivity contribution >= 4 is 11.6 Å². The van der Waals surface area contributed by atoms with E-state index in [0.717, 1.165) is 24.1 Å². The van der Waals surface area contributed by atoms with E-state index in [1.54, 1.807) is 4.90 Å². The molecule has 0 aromatic heterocycles. The number of aliphatic hydroxyl groups excluding tert-OH is 2. The average Bonchev–Trinajstić information content (AvgIpc) is 2.66. The number of nitrogens with zero attached hydrogens (tertiary/aromatic N) is 1. The molecular formula is C13H17NO3. The lowest BCUT2D eigenvalue weighted by atomic mass is 10.1. The number of aryl methyl sites for hydroxylation is 1. The quantitative estimate of drug-likeness (QED) is 0.808. The molecular weight excluding hydrogens is 218 g/mol. The van der Waals surface area contributed by atoms with Crippen LogP contribution in [0, 0.1) is 0 Å². The molecule has 0 aliphatic carbocycles. The molecule has 0 saturated carbocycles. The zero-order valence-corrected chi connectivity index (χ0v) is 9.67. The topological polar surface area (TPSA) is 60.8 Å². The van der Waals surface area contributed by atoms with Gasteiger partial charge in [0.15, 0.2) is 0 Å². The summed E-state index contributed by atoms with van der Waals surface area (Å²) in [5.41, 5.74) is 1.94. The van der Waals surface area contributed by atoms with E-state index in [9.17, 15) is 9.90 Å². The molecule has 1 atom stereocenters. The molecule has 0 radical (unpaired) electrons. The molecule has 4 nitrogen and oxygen atoms in total. The highest BCUT2D eigenvalue weighted by molar-refractivity contribution is 5.96. The van der Waals surface area contributed by atoms with Crippen molar-refractivity contribution in [3.8, 4) is 0 Å². The highest BCUT2D eigenvalue weighted by Crippen LogP contribution is 2.22. The molecule has 2 rings (SSSR count). The third-order valence-corrected chi connectivity index (χ3v) is 2.95. The first kappa shape index (κ1) is 12.1. The number of carbonyl (C=O) groups is 1. The Morgan fingerprint density at radius 1 is 1.41 bits per heavy atom. The minimum Gasteiger partial charge on any atom is -0.396 e. The highest BCUT2D eigenvalue weighted by Gasteiger charge is 2.28. The maximum Gasteiger partial charge on any atom is 0.229 e. The van der Waals surface area contributed by atoms with E-state index in [0.29, 0.717) is 6.54 Å². The minimum absolute atomic E-state index is 0.0307. The molecule has 1 amide bonds. The van der Waals surface area contributed by atoms with Crippen LogP contribution in [0.25, 0.3) is 0 Å². The lowest BCUT2D eigenvalue weighted by molar-refractivity contribution is -0.117. The first-order valence-electron chi connectivity index (χ1n) is 5.89. The standard InChI is InChI=1S/C13H17NO3/c15-6-2-4-10-3-1-5-11(7-10)14-9-12(16)8-13(14)17/h1,3,5,7,12,15-16H,2,4,6,8-9H2. The van der Waals surface area contributed by atoms with Crippen molar-refractivity contribution in [2.75, 3.05) is 18.1 Å². The fourth-order valence-corrected chi connectivity index (χ4v) is 2.10. The second-order valence-corrected chi connectivity index (χ2v) is 4.36. The predicted octanol–water partition coefficient (Wildman–Crippen LogP) is 0.709. The van der Waals surface area contributed by atoms with E-state index < -0.39 is 6.10 Å². The predicted molar refractivity (Wildman–Crippen MR) is 64.8 cm³/mol. The van der Waals surface area contributed by atoms with Gasteiger partial charge in [0.2, 0.25) is 5.91 Å². The molecule has 1 aromatic carbocycles. The van der Waals surface area contributed by atoms with Gasteiger partial charge in [0.25, 0.3) is 0 Å². The van der Waals surface area contributed by atoms with Gasteiger partial charge in [0.1, 0.15) is 0 Å². The molecule has 1 fully saturated rings. The fraction of sp³-hybridized carbons (Fsp3) is 0.462. The van der Waals surface area contributed by atoms with Crippen LogP contribution in [-0.4, -0.2) is 35.4 Å². The number of aliphatic hydroxyl groups is 2. The second kappa shape index (κ2) is 5.29. The Hall–Kier alpha value is -1.39. The lowest BCUT2D eigenvalue weighted by Gasteiger charge is -2.16. The van der Waals surface area contributed by atoms with Crippen molar-refractivity contribution in [1.29, 1.82) is 0 Å². The largest absolute Gasteiger partial charge is 0.396 e. The summed E-state index contributed by atoms with van der Waals surface area (Å²) in [6, 6.07) is 7.71. The van der Waals surface area contributed by atoms with Crippen LogP contribution in [0.2, 0.25) is 0 Å². The molecule has 1 heterocycles. The number of β-amino-alcohol motifs (C(OH)–C–C–N with tert-alkyl or cyclic N) is 1. The number of benzene rings is 1. The molecule has 4 heteroatoms. The van der Waals surface area contributed by atoms with Gasteiger partial charge >= 0.3 is 0 Å². The zero-order chi connectivity index (χ0) is 12.3. The minimum atomic E-state index is -0.552. The summed E-state index contributed by atoms with van der Waals surface area (Å²) < 4.78 is 0. The Labute approximate surface area is 100 Å². The van der Waals surface area contributed by atoms with Crippen molar-refractivity contribution in [3.63, 3.8) is 0 Å². The maximum atomic E-state index is 11.6. The Morgan fingerprint density at radius 3 is 2.88 bits per heavy atom. The average molecular weight is 235 g/mol. The molecule has 1 aromatic rings. The SMILES string of the molecule is O=C1CC(O)CN1c1cccc(CCCO)c1. The Balaban J connectivity index is 2.13. The Morgan fingerprint density at radius 2 is 2.24 bits per heavy atom. The highest BCUT2D eigenvalue weighted by atomic mass is 16.3. The van der Waals surface area contributed by atoms with Gasteiger partial charge in [0, 0.05) is 12.3 Å². The third-order valence-electron chi connectivity index (χ3n) is 2.95. The summed E-state index contributed by atoms with van der Waals surface area (Å²) in [6.45, 7) is 0.549. The summed E-state index contributed by atoms with van der Waals surface area (Å²) in [5.74, 6) is -0.0307. The number of rotatable bonds is 4. The molecule has 2 N–H and O–H groups in total. The van der Waals surface area contributed by atoms with E-state index >= 15 is 0 Å². The van der Waals surface area contributed by atoms with E-state index in [1.165, 1.54) is 0 Å². The molecule has 1 saturated heterocycles. The van der Waals surface area contributed by atoms with Crippen LogP contribution in [0.15, 0.2) is 24.3 Å². The first-order valence-corrected chi connectivity index (χ1v) is 5.89. The van der Waals surface area contributed by atoms with Gasteiger partial charge in [-0.2, -0.15) is 0 Å². The fourth-order valence-electron chi connectivity index (χ4n) is 2.10. The van der Waals surface area contributed by atoms with Gasteiger partial charge in [0.05, 0.1) is 19.1 Å². The third kappa shape index (κ3) is 2.84. The van der Waals surface area contributed by atoms with E-state index in [-0.39, 0.29) is 18.9 Å². The maximum absolute atomic E-state index is 11.6. The molecule has 17 heavy (non-hydrogen) atoms. The van der Waals surface area contributed by atoms with Crippen LogP contribution in [0.3, 0.4) is 0 Å². The molecule has 0 spiro atoms. The number of hydrogen-bond donors (Lipinski definition) is 2. The normalized spacial score (nSPS) is 20.0. The number of amides is 1. The van der Waals surface area contributed by atoms with E-state index in [4.69, 9.17) is 5.11 Å². The second-order valence-electron chi connectivity index (χ2n) is 4.36.